The van der Waals surface area contributed by atoms with Crippen LogP contribution in [0.4, 0.5) is 9.52 Å². The number of hydrogen-bond acceptors (Lipinski definition) is 4. The fraction of sp³-hybridized carbons (Fsp3) is 0.273. The molecule has 0 fully saturated rings. The van der Waals surface area contributed by atoms with Crippen molar-refractivity contribution in [3.05, 3.63) is 41.2 Å². The normalized spacial score (nSPS) is 12.4. The van der Waals surface area contributed by atoms with Crippen LogP contribution in [0.25, 0.3) is 0 Å². The topological polar surface area (TPSA) is 37.8 Å². The van der Waals surface area contributed by atoms with Crippen molar-refractivity contribution in [1.29, 1.82) is 0 Å². The third-order valence-electron chi connectivity index (χ3n) is 2.32. The van der Waals surface area contributed by atoms with Gasteiger partial charge in [0, 0.05) is 0 Å². The Labute approximate surface area is 97.3 Å². The molecule has 84 valence electrons. The summed E-state index contributed by atoms with van der Waals surface area (Å²) in [5.41, 5.74) is 2.60. The van der Waals surface area contributed by atoms with Gasteiger partial charge in [0.1, 0.15) is 11.3 Å². The number of hydrogen-bond donors (Lipinski definition) is 1. The zero-order valence-electron chi connectivity index (χ0n) is 8.85. The van der Waals surface area contributed by atoms with Gasteiger partial charge in [-0.1, -0.05) is 30.4 Å². The highest BCUT2D eigenvalue weighted by atomic mass is 32.1. The van der Waals surface area contributed by atoms with E-state index in [9.17, 15) is 4.39 Å². The van der Waals surface area contributed by atoms with Crippen molar-refractivity contribution < 1.29 is 4.39 Å². The summed E-state index contributed by atoms with van der Waals surface area (Å²) in [7, 11) is 0. The molecule has 16 heavy (non-hydrogen) atoms. The molecular weight excluding hydrogens is 225 g/mol. The first-order valence-electron chi connectivity index (χ1n) is 5.07. The van der Waals surface area contributed by atoms with Crippen molar-refractivity contribution in [2.24, 2.45) is 0 Å². The number of nitrogens with zero attached hydrogens (tertiary/aromatic N) is 2. The number of benzene rings is 1. The van der Waals surface area contributed by atoms with Crippen LogP contribution in [0, 0.1) is 5.82 Å². The monoisotopic (exact) mass is 237 g/mol. The van der Waals surface area contributed by atoms with Crippen LogP contribution in [0.2, 0.25) is 0 Å². The Balaban J connectivity index is 2.16. The van der Waals surface area contributed by atoms with E-state index in [1.54, 1.807) is 17.6 Å². The minimum Gasteiger partial charge on any atom is -0.353 e. The molecule has 0 bridgehead atoms. The van der Waals surface area contributed by atoms with Crippen LogP contribution in [0.1, 0.15) is 24.9 Å². The Bertz CT molecular complexity index is 444. The summed E-state index contributed by atoms with van der Waals surface area (Å²) in [5, 5.41) is 11.7. The molecule has 0 saturated carbocycles. The van der Waals surface area contributed by atoms with E-state index in [1.807, 2.05) is 13.0 Å². The maximum Gasteiger partial charge on any atom is 0.205 e. The molecule has 5 heteroatoms. The second kappa shape index (κ2) is 5.03. The Morgan fingerprint density at radius 1 is 1.50 bits per heavy atom. The summed E-state index contributed by atoms with van der Waals surface area (Å²) >= 11 is 1.44. The molecule has 0 amide bonds. The first kappa shape index (κ1) is 11.0. The van der Waals surface area contributed by atoms with E-state index in [2.05, 4.69) is 15.5 Å². The highest BCUT2D eigenvalue weighted by molar-refractivity contribution is 7.13. The van der Waals surface area contributed by atoms with E-state index in [0.717, 1.165) is 17.1 Å². The first-order valence-corrected chi connectivity index (χ1v) is 5.95. The molecule has 2 aromatic rings. The molecule has 2 rings (SSSR count). The molecule has 0 saturated heterocycles. The van der Waals surface area contributed by atoms with Crippen LogP contribution >= 0.6 is 11.3 Å². The van der Waals surface area contributed by atoms with Gasteiger partial charge < -0.3 is 5.32 Å². The molecule has 3 nitrogen and oxygen atoms in total. The molecule has 1 aromatic carbocycles. The third-order valence-corrected chi connectivity index (χ3v) is 2.94. The first-order chi connectivity index (χ1) is 7.79. The molecule has 0 spiro atoms. The Hall–Kier alpha value is -1.49. The summed E-state index contributed by atoms with van der Waals surface area (Å²) in [6.07, 6.45) is 0.864. The Morgan fingerprint density at radius 2 is 2.38 bits per heavy atom. The number of rotatable bonds is 4. The van der Waals surface area contributed by atoms with E-state index in [-0.39, 0.29) is 11.9 Å². The van der Waals surface area contributed by atoms with Gasteiger partial charge in [0.05, 0.1) is 6.04 Å². The molecule has 1 N–H and O–H groups in total. The minimum absolute atomic E-state index is 0.0728. The molecule has 0 aliphatic heterocycles. The molecule has 1 aromatic heterocycles. The summed E-state index contributed by atoms with van der Waals surface area (Å²) in [6.45, 7) is 2.05. The summed E-state index contributed by atoms with van der Waals surface area (Å²) < 4.78 is 13.1. The second-order valence-corrected chi connectivity index (χ2v) is 4.24. The van der Waals surface area contributed by atoms with Crippen molar-refractivity contribution in [2.45, 2.75) is 19.4 Å². The molecule has 0 radical (unpaired) electrons. The molecule has 1 unspecified atom stereocenters. The average molecular weight is 237 g/mol. The summed E-state index contributed by atoms with van der Waals surface area (Å²) in [6, 6.07) is 6.69. The number of halogens is 1. The van der Waals surface area contributed by atoms with Gasteiger partial charge in [-0.25, -0.2) is 4.39 Å². The number of nitrogens with one attached hydrogen (secondary N) is 1. The SMILES string of the molecule is CCC(Nc1nncs1)c1cccc(F)c1. The smallest absolute Gasteiger partial charge is 0.205 e. The molecular formula is C11H12FN3S. The fourth-order valence-corrected chi connectivity index (χ4v) is 2.03. The van der Waals surface area contributed by atoms with Gasteiger partial charge in [0.15, 0.2) is 0 Å². The van der Waals surface area contributed by atoms with Crippen LogP contribution in [0.5, 0.6) is 0 Å². The fourth-order valence-electron chi connectivity index (χ4n) is 1.53. The van der Waals surface area contributed by atoms with Crippen molar-refractivity contribution in [2.75, 3.05) is 5.32 Å². The highest BCUT2D eigenvalue weighted by Crippen LogP contribution is 2.23. The van der Waals surface area contributed by atoms with E-state index in [0.29, 0.717) is 0 Å². The van der Waals surface area contributed by atoms with Crippen LogP contribution in [0.15, 0.2) is 29.8 Å². The van der Waals surface area contributed by atoms with Gasteiger partial charge in [-0.2, -0.15) is 0 Å². The van der Waals surface area contributed by atoms with Gasteiger partial charge in [0.2, 0.25) is 5.13 Å². The van der Waals surface area contributed by atoms with Gasteiger partial charge in [-0.05, 0) is 24.1 Å². The van der Waals surface area contributed by atoms with Gasteiger partial charge >= 0.3 is 0 Å². The molecule has 1 atom stereocenters. The summed E-state index contributed by atoms with van der Waals surface area (Å²) in [5.74, 6) is -0.213. The highest BCUT2D eigenvalue weighted by Gasteiger charge is 2.11. The van der Waals surface area contributed by atoms with Crippen molar-refractivity contribution in [3.63, 3.8) is 0 Å². The predicted octanol–water partition coefficient (Wildman–Crippen LogP) is 3.24. The van der Waals surface area contributed by atoms with Gasteiger partial charge in [-0.3, -0.25) is 0 Å². The van der Waals surface area contributed by atoms with Crippen LogP contribution in [-0.4, -0.2) is 10.2 Å². The van der Waals surface area contributed by atoms with E-state index in [4.69, 9.17) is 0 Å². The van der Waals surface area contributed by atoms with Crippen molar-refractivity contribution >= 4 is 16.5 Å². The van der Waals surface area contributed by atoms with Gasteiger partial charge in [0.25, 0.3) is 0 Å². The molecule has 0 aliphatic carbocycles. The zero-order valence-corrected chi connectivity index (χ0v) is 9.67. The van der Waals surface area contributed by atoms with Crippen molar-refractivity contribution in [1.82, 2.24) is 10.2 Å². The largest absolute Gasteiger partial charge is 0.353 e. The molecule has 0 aliphatic rings. The lowest BCUT2D eigenvalue weighted by atomic mass is 10.1. The predicted molar refractivity (Wildman–Crippen MR) is 63.0 cm³/mol. The van der Waals surface area contributed by atoms with E-state index < -0.39 is 0 Å². The maximum absolute atomic E-state index is 13.1. The lowest BCUT2D eigenvalue weighted by molar-refractivity contribution is 0.620. The van der Waals surface area contributed by atoms with E-state index >= 15 is 0 Å². The Morgan fingerprint density at radius 3 is 3.00 bits per heavy atom. The average Bonchev–Trinajstić information content (AvgIpc) is 2.78. The lowest BCUT2D eigenvalue weighted by Gasteiger charge is -2.16. The number of anilines is 1. The maximum atomic E-state index is 13.1. The quantitative estimate of drug-likeness (QED) is 0.887. The van der Waals surface area contributed by atoms with Gasteiger partial charge in [-0.15, -0.1) is 10.2 Å². The van der Waals surface area contributed by atoms with Crippen LogP contribution < -0.4 is 5.32 Å². The number of aromatic nitrogens is 2. The minimum atomic E-state index is -0.213. The lowest BCUT2D eigenvalue weighted by Crippen LogP contribution is -2.09. The zero-order chi connectivity index (χ0) is 11.4. The van der Waals surface area contributed by atoms with Crippen molar-refractivity contribution in [3.8, 4) is 0 Å². The third kappa shape index (κ3) is 2.55. The second-order valence-electron chi connectivity index (χ2n) is 3.40. The van der Waals surface area contributed by atoms with E-state index in [1.165, 1.54) is 17.4 Å². The van der Waals surface area contributed by atoms with Crippen LogP contribution in [-0.2, 0) is 0 Å². The molecule has 1 heterocycles. The van der Waals surface area contributed by atoms with Crippen LogP contribution in [0.3, 0.4) is 0 Å². The summed E-state index contributed by atoms with van der Waals surface area (Å²) in [4.78, 5) is 0. The standard InChI is InChI=1S/C11H12FN3S/c1-2-10(14-11-15-13-7-16-11)8-4-3-5-9(12)6-8/h3-7,10H,2H2,1H3,(H,14,15). The Kier molecular flexibility index (Phi) is 3.46.